The van der Waals surface area contributed by atoms with Crippen LogP contribution in [0.3, 0.4) is 0 Å². The molecule has 160 valence electrons. The Kier molecular flexibility index (Phi) is 7.24. The standard InChI is InChI=1S/C24H32N4O2/c1-17-6-9-20(10-7-17)22(28-13-11-27(4)12-14-28)16-25-23(29)24(30)26-21-15-18(2)5-8-19(21)3/h5-10,15,22H,11-14,16H2,1-4H3,(H,25,29)(H,26,30). The van der Waals surface area contributed by atoms with Gasteiger partial charge in [0, 0.05) is 38.4 Å². The summed E-state index contributed by atoms with van der Waals surface area (Å²) < 4.78 is 0. The Bertz CT molecular complexity index is 887. The van der Waals surface area contributed by atoms with E-state index in [4.69, 9.17) is 0 Å². The number of likely N-dealkylation sites (N-methyl/N-ethyl adjacent to an activating group) is 1. The second-order valence-electron chi connectivity index (χ2n) is 8.25. The summed E-state index contributed by atoms with van der Waals surface area (Å²) in [6.45, 7) is 10.2. The molecule has 1 unspecified atom stereocenters. The van der Waals surface area contributed by atoms with Gasteiger partial charge < -0.3 is 15.5 Å². The molecule has 2 aromatic rings. The van der Waals surface area contributed by atoms with Crippen LogP contribution in [0.1, 0.15) is 28.3 Å². The second-order valence-corrected chi connectivity index (χ2v) is 8.25. The molecule has 0 bridgehead atoms. The molecule has 6 nitrogen and oxygen atoms in total. The summed E-state index contributed by atoms with van der Waals surface area (Å²) in [5.74, 6) is -1.24. The number of hydrogen-bond donors (Lipinski definition) is 2. The number of hydrogen-bond acceptors (Lipinski definition) is 4. The molecule has 1 atom stereocenters. The number of benzene rings is 2. The number of aryl methyl sites for hydroxylation is 3. The van der Waals surface area contributed by atoms with E-state index in [0.717, 1.165) is 42.9 Å². The van der Waals surface area contributed by atoms with Crippen molar-refractivity contribution in [3.8, 4) is 0 Å². The number of anilines is 1. The monoisotopic (exact) mass is 408 g/mol. The van der Waals surface area contributed by atoms with Gasteiger partial charge in [-0.05, 0) is 50.6 Å². The van der Waals surface area contributed by atoms with Crippen LogP contribution >= 0.6 is 0 Å². The van der Waals surface area contributed by atoms with Crippen LogP contribution in [-0.4, -0.2) is 61.4 Å². The first-order chi connectivity index (χ1) is 14.3. The van der Waals surface area contributed by atoms with Crippen LogP contribution in [0.5, 0.6) is 0 Å². The van der Waals surface area contributed by atoms with Crippen LogP contribution in [0.25, 0.3) is 0 Å². The Hall–Kier alpha value is -2.70. The molecule has 0 aromatic heterocycles. The van der Waals surface area contributed by atoms with Crippen molar-refractivity contribution < 1.29 is 9.59 Å². The zero-order valence-corrected chi connectivity index (χ0v) is 18.4. The lowest BCUT2D eigenvalue weighted by molar-refractivity contribution is -0.136. The maximum atomic E-state index is 12.5. The van der Waals surface area contributed by atoms with Crippen molar-refractivity contribution in [2.75, 3.05) is 45.1 Å². The van der Waals surface area contributed by atoms with Gasteiger partial charge in [0.1, 0.15) is 0 Å². The fourth-order valence-electron chi connectivity index (χ4n) is 3.70. The van der Waals surface area contributed by atoms with Crippen molar-refractivity contribution in [2.45, 2.75) is 26.8 Å². The fraction of sp³-hybridized carbons (Fsp3) is 0.417. The average Bonchev–Trinajstić information content (AvgIpc) is 2.73. The lowest BCUT2D eigenvalue weighted by atomic mass is 10.0. The highest BCUT2D eigenvalue weighted by Crippen LogP contribution is 2.22. The molecular formula is C24H32N4O2. The van der Waals surface area contributed by atoms with Gasteiger partial charge in [0.25, 0.3) is 0 Å². The molecule has 2 N–H and O–H groups in total. The van der Waals surface area contributed by atoms with Gasteiger partial charge in [-0.25, -0.2) is 0 Å². The summed E-state index contributed by atoms with van der Waals surface area (Å²) >= 11 is 0. The largest absolute Gasteiger partial charge is 0.346 e. The lowest BCUT2D eigenvalue weighted by Crippen LogP contribution is -2.49. The molecule has 0 spiro atoms. The number of amides is 2. The molecule has 0 aliphatic carbocycles. The van der Waals surface area contributed by atoms with Crippen LogP contribution in [0.15, 0.2) is 42.5 Å². The molecule has 2 amide bonds. The average molecular weight is 409 g/mol. The van der Waals surface area contributed by atoms with Gasteiger partial charge in [0.2, 0.25) is 0 Å². The third-order valence-electron chi connectivity index (χ3n) is 5.74. The Morgan fingerprint density at radius 3 is 2.20 bits per heavy atom. The molecule has 1 aliphatic heterocycles. The van der Waals surface area contributed by atoms with E-state index in [2.05, 4.69) is 58.7 Å². The number of nitrogens with zero attached hydrogens (tertiary/aromatic N) is 2. The van der Waals surface area contributed by atoms with Crippen LogP contribution in [0.2, 0.25) is 0 Å². The predicted octanol–water partition coefficient (Wildman–Crippen LogP) is 2.66. The molecule has 1 heterocycles. The van der Waals surface area contributed by atoms with Crippen molar-refractivity contribution in [1.82, 2.24) is 15.1 Å². The van der Waals surface area contributed by atoms with Crippen molar-refractivity contribution in [3.05, 3.63) is 64.7 Å². The highest BCUT2D eigenvalue weighted by Gasteiger charge is 2.25. The van der Waals surface area contributed by atoms with E-state index in [9.17, 15) is 9.59 Å². The molecular weight excluding hydrogens is 376 g/mol. The lowest BCUT2D eigenvalue weighted by Gasteiger charge is -2.38. The molecule has 1 fully saturated rings. The predicted molar refractivity (Wildman–Crippen MR) is 121 cm³/mol. The minimum atomic E-state index is -0.635. The quantitative estimate of drug-likeness (QED) is 0.747. The minimum Gasteiger partial charge on any atom is -0.346 e. The zero-order chi connectivity index (χ0) is 21.7. The smallest absolute Gasteiger partial charge is 0.313 e. The molecule has 1 aliphatic rings. The van der Waals surface area contributed by atoms with E-state index in [0.29, 0.717) is 12.2 Å². The SMILES string of the molecule is Cc1ccc(C(CNC(=O)C(=O)Nc2cc(C)ccc2C)N2CCN(C)CC2)cc1. The van der Waals surface area contributed by atoms with Gasteiger partial charge in [-0.1, -0.05) is 42.0 Å². The Labute approximate surface area is 179 Å². The van der Waals surface area contributed by atoms with Gasteiger partial charge in [-0.3, -0.25) is 14.5 Å². The highest BCUT2D eigenvalue weighted by molar-refractivity contribution is 6.39. The van der Waals surface area contributed by atoms with Crippen molar-refractivity contribution in [3.63, 3.8) is 0 Å². The van der Waals surface area contributed by atoms with E-state index in [1.54, 1.807) is 0 Å². The summed E-state index contributed by atoms with van der Waals surface area (Å²) in [4.78, 5) is 29.7. The summed E-state index contributed by atoms with van der Waals surface area (Å²) in [6.07, 6.45) is 0. The topological polar surface area (TPSA) is 64.7 Å². The van der Waals surface area contributed by atoms with E-state index < -0.39 is 11.8 Å². The van der Waals surface area contributed by atoms with E-state index in [1.165, 1.54) is 5.56 Å². The highest BCUT2D eigenvalue weighted by atomic mass is 16.2. The van der Waals surface area contributed by atoms with Crippen molar-refractivity contribution in [1.29, 1.82) is 0 Å². The zero-order valence-electron chi connectivity index (χ0n) is 18.4. The maximum Gasteiger partial charge on any atom is 0.313 e. The normalized spacial score (nSPS) is 16.1. The summed E-state index contributed by atoms with van der Waals surface area (Å²) in [5, 5.41) is 5.59. The Morgan fingerprint density at radius 1 is 0.900 bits per heavy atom. The number of piperazine rings is 1. The number of nitrogens with one attached hydrogen (secondary N) is 2. The van der Waals surface area contributed by atoms with Gasteiger partial charge in [-0.15, -0.1) is 0 Å². The van der Waals surface area contributed by atoms with Crippen molar-refractivity contribution >= 4 is 17.5 Å². The number of carbonyl (C=O) groups is 2. The Balaban J connectivity index is 1.66. The van der Waals surface area contributed by atoms with Gasteiger partial charge in [0.15, 0.2) is 0 Å². The van der Waals surface area contributed by atoms with Gasteiger partial charge in [0.05, 0.1) is 6.04 Å². The van der Waals surface area contributed by atoms with Crippen molar-refractivity contribution in [2.24, 2.45) is 0 Å². The van der Waals surface area contributed by atoms with E-state index in [-0.39, 0.29) is 6.04 Å². The maximum absolute atomic E-state index is 12.5. The minimum absolute atomic E-state index is 0.0387. The number of rotatable bonds is 5. The Morgan fingerprint density at radius 2 is 1.53 bits per heavy atom. The number of carbonyl (C=O) groups excluding carboxylic acids is 2. The van der Waals surface area contributed by atoms with Gasteiger partial charge in [-0.2, -0.15) is 0 Å². The molecule has 1 saturated heterocycles. The molecule has 0 saturated carbocycles. The van der Waals surface area contributed by atoms with Crippen LogP contribution < -0.4 is 10.6 Å². The summed E-state index contributed by atoms with van der Waals surface area (Å²) in [5.41, 5.74) is 4.99. The van der Waals surface area contributed by atoms with E-state index >= 15 is 0 Å². The van der Waals surface area contributed by atoms with Gasteiger partial charge >= 0.3 is 11.8 Å². The molecule has 30 heavy (non-hydrogen) atoms. The second kappa shape index (κ2) is 9.87. The van der Waals surface area contributed by atoms with E-state index in [1.807, 2.05) is 32.0 Å². The molecule has 6 heteroatoms. The molecule has 2 aromatic carbocycles. The fourth-order valence-corrected chi connectivity index (χ4v) is 3.70. The first-order valence-corrected chi connectivity index (χ1v) is 10.5. The summed E-state index contributed by atoms with van der Waals surface area (Å²) in [6, 6.07) is 14.2. The third kappa shape index (κ3) is 5.68. The molecule has 0 radical (unpaired) electrons. The van der Waals surface area contributed by atoms with Crippen LogP contribution in [-0.2, 0) is 9.59 Å². The first-order valence-electron chi connectivity index (χ1n) is 10.5. The van der Waals surface area contributed by atoms with Crippen LogP contribution in [0, 0.1) is 20.8 Å². The first kappa shape index (κ1) is 22.0. The third-order valence-corrected chi connectivity index (χ3v) is 5.74. The molecule has 3 rings (SSSR count). The van der Waals surface area contributed by atoms with Crippen LogP contribution in [0.4, 0.5) is 5.69 Å². The summed E-state index contributed by atoms with van der Waals surface area (Å²) in [7, 11) is 2.12.